The molecule has 9 heteroatoms. The minimum Gasteiger partial charge on any atom is -0.327 e. The van der Waals surface area contributed by atoms with Crippen LogP contribution < -0.4 is 0 Å². The van der Waals surface area contributed by atoms with Crippen molar-refractivity contribution >= 4 is 24.0 Å². The lowest BCUT2D eigenvalue weighted by molar-refractivity contribution is -0.118. The van der Waals surface area contributed by atoms with Crippen LogP contribution in [0, 0.1) is 5.92 Å². The minimum atomic E-state index is -0.188. The lowest BCUT2D eigenvalue weighted by Crippen LogP contribution is -2.15. The summed E-state index contributed by atoms with van der Waals surface area (Å²) in [6.45, 7) is 4.76. The van der Waals surface area contributed by atoms with Gasteiger partial charge in [-0.1, -0.05) is 68.8 Å². The molecule has 1 amide bonds. The van der Waals surface area contributed by atoms with Crippen molar-refractivity contribution in [2.75, 3.05) is 0 Å². The van der Waals surface area contributed by atoms with Gasteiger partial charge < -0.3 is 9.36 Å². The smallest absolute Gasteiger partial charge is 0.246 e. The number of aldehydes is 1. The summed E-state index contributed by atoms with van der Waals surface area (Å²) >= 11 is 0. The summed E-state index contributed by atoms with van der Waals surface area (Å²) in [5, 5.41) is 14.4. The molecule has 4 aromatic rings. The molecular formula is C31H33N7O2. The van der Waals surface area contributed by atoms with Crippen LogP contribution in [0.5, 0.6) is 0 Å². The fourth-order valence-electron chi connectivity index (χ4n) is 5.01. The van der Waals surface area contributed by atoms with Gasteiger partial charge in [0.05, 0.1) is 17.1 Å². The number of aromatic amines is 1. The maximum absolute atomic E-state index is 12.5. The van der Waals surface area contributed by atoms with E-state index < -0.39 is 0 Å². The molecule has 0 saturated carbocycles. The largest absolute Gasteiger partial charge is 0.327 e. The summed E-state index contributed by atoms with van der Waals surface area (Å²) in [5.74, 6) is 1.49. The van der Waals surface area contributed by atoms with Crippen molar-refractivity contribution < 1.29 is 9.59 Å². The fraction of sp³-hybridized carbons (Fsp3) is 0.323. The molecule has 0 fully saturated rings. The highest BCUT2D eigenvalue weighted by molar-refractivity contribution is 6.07. The Bertz CT molecular complexity index is 1530. The summed E-state index contributed by atoms with van der Waals surface area (Å²) < 4.78 is 2.28. The van der Waals surface area contributed by atoms with E-state index >= 15 is 0 Å². The highest BCUT2D eigenvalue weighted by atomic mass is 16.1. The second-order valence-corrected chi connectivity index (χ2v) is 10.3. The van der Waals surface area contributed by atoms with E-state index in [0.717, 1.165) is 70.7 Å². The molecule has 0 saturated heterocycles. The van der Waals surface area contributed by atoms with E-state index in [4.69, 9.17) is 4.98 Å². The van der Waals surface area contributed by atoms with Crippen molar-refractivity contribution in [1.29, 1.82) is 0 Å². The van der Waals surface area contributed by atoms with Crippen LogP contribution in [0.25, 0.3) is 28.6 Å². The second-order valence-electron chi connectivity index (χ2n) is 10.3. The first-order valence-corrected chi connectivity index (χ1v) is 13.8. The topological polar surface area (TPSA) is 119 Å². The minimum absolute atomic E-state index is 0.00833. The molecule has 1 aliphatic rings. The Morgan fingerprint density at radius 3 is 2.65 bits per heavy atom. The standard InChI is InChI=1S/C31H33N7O2/c1-3-4-9-29-33-27-15-14-24(32-30(40)18-21(2)16-17-39)19-28(27)38(29)20-22-10-12-23(13-11-22)25-7-5-6-8-26(25)31-34-36-37-35-31/h5-8,10-15,17,21H,3-4,9,16,18-20H2,1-2H3,(H,34,35,36,37). The molecule has 0 radical (unpaired) electrons. The van der Waals surface area contributed by atoms with E-state index in [1.165, 1.54) is 0 Å². The molecular weight excluding hydrogens is 502 g/mol. The Labute approximate surface area is 233 Å². The number of aliphatic imine (C=N–C) groups is 1. The number of carbonyl (C=O) groups is 2. The van der Waals surface area contributed by atoms with Gasteiger partial charge in [-0.15, -0.1) is 5.10 Å². The van der Waals surface area contributed by atoms with Crippen LogP contribution in [0.1, 0.15) is 62.3 Å². The van der Waals surface area contributed by atoms with Gasteiger partial charge in [-0.2, -0.15) is 0 Å². The van der Waals surface area contributed by atoms with E-state index in [9.17, 15) is 9.59 Å². The number of nitrogens with one attached hydrogen (secondary N) is 1. The number of aryl methyl sites for hydroxylation is 1. The average Bonchev–Trinajstić information content (AvgIpc) is 3.61. The predicted octanol–water partition coefficient (Wildman–Crippen LogP) is 5.27. The number of fused-ring (bicyclic) bond motifs is 1. The Hall–Kier alpha value is -4.53. The van der Waals surface area contributed by atoms with Crippen molar-refractivity contribution in [3.63, 3.8) is 0 Å². The van der Waals surface area contributed by atoms with Crippen molar-refractivity contribution in [3.05, 3.63) is 77.4 Å². The Kier molecular flexibility index (Phi) is 8.49. The van der Waals surface area contributed by atoms with Gasteiger partial charge in [-0.05, 0) is 51.6 Å². The van der Waals surface area contributed by atoms with Crippen LogP contribution in [0.2, 0.25) is 0 Å². The number of imidazole rings is 1. The molecule has 1 N–H and O–H groups in total. The maximum atomic E-state index is 12.5. The Balaban J connectivity index is 1.39. The average molecular weight is 536 g/mol. The third-order valence-corrected chi connectivity index (χ3v) is 7.14. The summed E-state index contributed by atoms with van der Waals surface area (Å²) in [6.07, 6.45) is 8.93. The van der Waals surface area contributed by atoms with Gasteiger partial charge >= 0.3 is 0 Å². The van der Waals surface area contributed by atoms with E-state index in [2.05, 4.69) is 67.4 Å². The fourth-order valence-corrected chi connectivity index (χ4v) is 5.01. The molecule has 0 bridgehead atoms. The number of hydrogen-bond acceptors (Lipinski definition) is 6. The molecule has 1 atom stereocenters. The van der Waals surface area contributed by atoms with Gasteiger partial charge in [0.2, 0.25) is 5.91 Å². The predicted molar refractivity (Wildman–Crippen MR) is 155 cm³/mol. The number of amides is 1. The molecule has 5 rings (SSSR count). The van der Waals surface area contributed by atoms with Gasteiger partial charge in [0, 0.05) is 37.8 Å². The molecule has 1 unspecified atom stereocenters. The summed E-state index contributed by atoms with van der Waals surface area (Å²) in [5.41, 5.74) is 6.98. The van der Waals surface area contributed by atoms with Crippen molar-refractivity contribution in [2.24, 2.45) is 10.9 Å². The third kappa shape index (κ3) is 6.20. The number of H-pyrrole nitrogens is 1. The van der Waals surface area contributed by atoms with E-state index in [1.54, 1.807) is 0 Å². The summed E-state index contributed by atoms with van der Waals surface area (Å²) in [4.78, 5) is 32.6. The molecule has 0 spiro atoms. The van der Waals surface area contributed by atoms with E-state index in [0.29, 0.717) is 25.2 Å². The number of carbonyl (C=O) groups excluding carboxylic acids is 2. The highest BCUT2D eigenvalue weighted by Crippen LogP contribution is 2.30. The summed E-state index contributed by atoms with van der Waals surface area (Å²) in [6, 6.07) is 16.6. The number of unbranched alkanes of at least 4 members (excludes halogenated alkanes) is 1. The molecule has 2 aromatic heterocycles. The van der Waals surface area contributed by atoms with Crippen LogP contribution >= 0.6 is 0 Å². The third-order valence-electron chi connectivity index (χ3n) is 7.14. The monoisotopic (exact) mass is 535 g/mol. The molecule has 9 nitrogen and oxygen atoms in total. The molecule has 40 heavy (non-hydrogen) atoms. The Morgan fingerprint density at radius 2 is 1.93 bits per heavy atom. The number of rotatable bonds is 11. The van der Waals surface area contributed by atoms with Crippen LogP contribution in [-0.2, 0) is 29.0 Å². The van der Waals surface area contributed by atoms with Crippen LogP contribution in [0.3, 0.4) is 0 Å². The van der Waals surface area contributed by atoms with Gasteiger partial charge in [-0.25, -0.2) is 15.1 Å². The van der Waals surface area contributed by atoms with Crippen molar-refractivity contribution in [2.45, 2.75) is 58.9 Å². The number of nitrogens with zero attached hydrogens (tertiary/aromatic N) is 6. The first-order valence-electron chi connectivity index (χ1n) is 13.8. The van der Waals surface area contributed by atoms with Crippen LogP contribution in [0.15, 0.2) is 59.6 Å². The molecule has 2 aromatic carbocycles. The zero-order valence-corrected chi connectivity index (χ0v) is 22.9. The number of benzene rings is 2. The Morgan fingerprint density at radius 1 is 1.12 bits per heavy atom. The van der Waals surface area contributed by atoms with Gasteiger partial charge in [0.1, 0.15) is 12.1 Å². The maximum Gasteiger partial charge on any atom is 0.246 e. The zero-order valence-electron chi connectivity index (χ0n) is 22.9. The van der Waals surface area contributed by atoms with Gasteiger partial charge in [-0.3, -0.25) is 4.79 Å². The van der Waals surface area contributed by atoms with Gasteiger partial charge in [0.15, 0.2) is 5.82 Å². The van der Waals surface area contributed by atoms with Crippen molar-refractivity contribution in [1.82, 2.24) is 30.2 Å². The highest BCUT2D eigenvalue weighted by Gasteiger charge is 2.21. The first kappa shape index (κ1) is 27.1. The molecule has 1 aliphatic carbocycles. The van der Waals surface area contributed by atoms with Crippen LogP contribution in [-0.4, -0.2) is 48.1 Å². The number of tetrazole rings is 1. The van der Waals surface area contributed by atoms with E-state index in [1.807, 2.05) is 37.3 Å². The SMILES string of the molecule is CCCCc1nc2c(n1Cc1ccc(-c3ccccc3-c3nnn[nH]3)cc1)CC(=NC(=O)CC(C)CC=O)C=C2. The van der Waals surface area contributed by atoms with Crippen molar-refractivity contribution in [3.8, 4) is 22.5 Å². The first-order chi connectivity index (χ1) is 19.6. The summed E-state index contributed by atoms with van der Waals surface area (Å²) in [7, 11) is 0. The lowest BCUT2D eigenvalue weighted by Gasteiger charge is -2.15. The molecule has 0 aliphatic heterocycles. The van der Waals surface area contributed by atoms with Gasteiger partial charge in [0.25, 0.3) is 0 Å². The zero-order chi connectivity index (χ0) is 27.9. The number of allylic oxidation sites excluding steroid dienone is 1. The lowest BCUT2D eigenvalue weighted by atomic mass is 9.98. The normalized spacial score (nSPS) is 14.3. The molecule has 2 heterocycles. The van der Waals surface area contributed by atoms with E-state index in [-0.39, 0.29) is 18.2 Å². The quantitative estimate of drug-likeness (QED) is 0.261. The molecule has 204 valence electrons. The van der Waals surface area contributed by atoms with Crippen LogP contribution in [0.4, 0.5) is 0 Å². The number of aromatic nitrogens is 6. The second kappa shape index (κ2) is 12.5. The number of hydrogen-bond donors (Lipinski definition) is 1.